The number of nitrogens with one attached hydrogen (secondary N) is 1. The van der Waals surface area contributed by atoms with Gasteiger partial charge in [0.25, 0.3) is 0 Å². The molecule has 0 atom stereocenters. The Morgan fingerprint density at radius 1 is 1.05 bits per heavy atom. The van der Waals surface area contributed by atoms with Crippen molar-refractivity contribution in [3.8, 4) is 0 Å². The molecule has 2 aromatic carbocycles. The third-order valence-electron chi connectivity index (χ3n) is 3.79. The summed E-state index contributed by atoms with van der Waals surface area (Å²) in [5, 5.41) is 2.95. The van der Waals surface area contributed by atoms with Crippen LogP contribution in [-0.2, 0) is 12.6 Å². The van der Waals surface area contributed by atoms with E-state index in [1.807, 2.05) is 24.3 Å². The largest absolute Gasteiger partial charge is 0.416 e. The Morgan fingerprint density at radius 3 is 2.55 bits per heavy atom. The number of halogens is 3. The van der Waals surface area contributed by atoms with Gasteiger partial charge in [0, 0.05) is 30.4 Å². The Labute approximate surface area is 126 Å². The van der Waals surface area contributed by atoms with Crippen LogP contribution in [0.1, 0.15) is 22.3 Å². The van der Waals surface area contributed by atoms with Crippen LogP contribution >= 0.6 is 0 Å². The van der Waals surface area contributed by atoms with E-state index in [1.54, 1.807) is 7.05 Å². The number of hydrogen-bond donors (Lipinski definition) is 1. The van der Waals surface area contributed by atoms with Gasteiger partial charge in [-0.1, -0.05) is 24.3 Å². The van der Waals surface area contributed by atoms with Gasteiger partial charge in [-0.3, -0.25) is 4.99 Å². The Balaban J connectivity index is 2.17. The first-order valence-corrected chi connectivity index (χ1v) is 7.03. The number of benzene rings is 2. The minimum atomic E-state index is -4.37. The van der Waals surface area contributed by atoms with Crippen LogP contribution in [-0.4, -0.2) is 19.3 Å². The van der Waals surface area contributed by atoms with Gasteiger partial charge in [0.1, 0.15) is 0 Å². The van der Waals surface area contributed by atoms with Crippen LogP contribution in [0.5, 0.6) is 0 Å². The molecule has 22 heavy (non-hydrogen) atoms. The van der Waals surface area contributed by atoms with E-state index in [9.17, 15) is 13.2 Å². The van der Waals surface area contributed by atoms with E-state index in [1.165, 1.54) is 12.1 Å². The monoisotopic (exact) mass is 304 g/mol. The quantitative estimate of drug-likeness (QED) is 0.886. The van der Waals surface area contributed by atoms with Crippen LogP contribution in [0.25, 0.3) is 0 Å². The fourth-order valence-corrected chi connectivity index (χ4v) is 2.71. The molecule has 1 N–H and O–H groups in total. The summed E-state index contributed by atoms with van der Waals surface area (Å²) in [5.41, 5.74) is 3.12. The SMILES string of the molecule is CNc1ccc(C(F)(F)F)cc1C1=NCCc2ccccc21. The molecule has 114 valence electrons. The highest BCUT2D eigenvalue weighted by Crippen LogP contribution is 2.33. The van der Waals surface area contributed by atoms with Crippen molar-refractivity contribution < 1.29 is 13.2 Å². The smallest absolute Gasteiger partial charge is 0.388 e. The first kappa shape index (κ1) is 14.6. The first-order chi connectivity index (χ1) is 10.5. The van der Waals surface area contributed by atoms with Gasteiger partial charge in [0.15, 0.2) is 0 Å². The van der Waals surface area contributed by atoms with E-state index in [0.717, 1.165) is 23.6 Å². The predicted molar refractivity (Wildman–Crippen MR) is 81.6 cm³/mol. The van der Waals surface area contributed by atoms with Crippen LogP contribution in [0.2, 0.25) is 0 Å². The van der Waals surface area contributed by atoms with Gasteiger partial charge < -0.3 is 5.32 Å². The zero-order valence-electron chi connectivity index (χ0n) is 12.0. The van der Waals surface area contributed by atoms with Crippen molar-refractivity contribution in [2.45, 2.75) is 12.6 Å². The molecule has 2 aromatic rings. The number of rotatable bonds is 2. The zero-order valence-corrected chi connectivity index (χ0v) is 12.0. The Hall–Kier alpha value is -2.30. The molecule has 0 aliphatic carbocycles. The van der Waals surface area contributed by atoms with Crippen molar-refractivity contribution in [3.05, 3.63) is 64.7 Å². The summed E-state index contributed by atoms with van der Waals surface area (Å²) in [7, 11) is 1.70. The summed E-state index contributed by atoms with van der Waals surface area (Å²) in [6.07, 6.45) is -3.55. The lowest BCUT2D eigenvalue weighted by Crippen LogP contribution is -2.17. The van der Waals surface area contributed by atoms with Crippen molar-refractivity contribution in [1.82, 2.24) is 0 Å². The molecular formula is C17H15F3N2. The maximum atomic E-state index is 13.0. The molecule has 0 aromatic heterocycles. The molecule has 0 spiro atoms. The molecule has 2 nitrogen and oxygen atoms in total. The number of nitrogens with zero attached hydrogens (tertiary/aromatic N) is 1. The summed E-state index contributed by atoms with van der Waals surface area (Å²) < 4.78 is 39.0. The van der Waals surface area contributed by atoms with Gasteiger partial charge in [0.05, 0.1) is 11.3 Å². The molecule has 0 bridgehead atoms. The molecule has 1 aliphatic rings. The van der Waals surface area contributed by atoms with Crippen LogP contribution < -0.4 is 5.32 Å². The summed E-state index contributed by atoms with van der Waals surface area (Å²) in [4.78, 5) is 4.48. The second-order valence-corrected chi connectivity index (χ2v) is 5.15. The van der Waals surface area contributed by atoms with Gasteiger partial charge in [0.2, 0.25) is 0 Å². The second-order valence-electron chi connectivity index (χ2n) is 5.15. The number of aliphatic imine (C=N–C) groups is 1. The highest BCUT2D eigenvalue weighted by Gasteiger charge is 2.32. The fraction of sp³-hybridized carbons (Fsp3) is 0.235. The highest BCUT2D eigenvalue weighted by molar-refractivity contribution is 6.17. The first-order valence-electron chi connectivity index (χ1n) is 7.03. The molecule has 0 radical (unpaired) electrons. The van der Waals surface area contributed by atoms with Crippen molar-refractivity contribution in [3.63, 3.8) is 0 Å². The number of hydrogen-bond acceptors (Lipinski definition) is 2. The van der Waals surface area contributed by atoms with Crippen molar-refractivity contribution in [2.75, 3.05) is 18.9 Å². The van der Waals surface area contributed by atoms with Gasteiger partial charge >= 0.3 is 6.18 Å². The van der Waals surface area contributed by atoms with Crippen molar-refractivity contribution >= 4 is 11.4 Å². The van der Waals surface area contributed by atoms with E-state index in [4.69, 9.17) is 0 Å². The summed E-state index contributed by atoms with van der Waals surface area (Å²) in [5.74, 6) is 0. The third kappa shape index (κ3) is 2.58. The van der Waals surface area contributed by atoms with Crippen molar-refractivity contribution in [2.24, 2.45) is 4.99 Å². The van der Waals surface area contributed by atoms with Crippen LogP contribution in [0, 0.1) is 0 Å². The Morgan fingerprint density at radius 2 is 1.82 bits per heavy atom. The molecule has 0 saturated carbocycles. The minimum absolute atomic E-state index is 0.490. The molecule has 0 unspecified atom stereocenters. The number of anilines is 1. The molecule has 5 heteroatoms. The van der Waals surface area contributed by atoms with Crippen LogP contribution in [0.3, 0.4) is 0 Å². The lowest BCUT2D eigenvalue weighted by Gasteiger charge is -2.20. The van der Waals surface area contributed by atoms with Crippen LogP contribution in [0.15, 0.2) is 47.5 Å². The Kier molecular flexibility index (Phi) is 3.64. The normalized spacial score (nSPS) is 14.3. The molecule has 0 amide bonds. The minimum Gasteiger partial charge on any atom is -0.388 e. The fourth-order valence-electron chi connectivity index (χ4n) is 2.71. The number of fused-ring (bicyclic) bond motifs is 1. The van der Waals surface area contributed by atoms with Gasteiger partial charge in [-0.15, -0.1) is 0 Å². The van der Waals surface area contributed by atoms with Crippen LogP contribution in [0.4, 0.5) is 18.9 Å². The second kappa shape index (κ2) is 5.48. The van der Waals surface area contributed by atoms with E-state index in [0.29, 0.717) is 23.5 Å². The lowest BCUT2D eigenvalue weighted by atomic mass is 9.91. The van der Waals surface area contributed by atoms with Gasteiger partial charge in [-0.25, -0.2) is 0 Å². The van der Waals surface area contributed by atoms with E-state index in [-0.39, 0.29) is 0 Å². The average molecular weight is 304 g/mol. The van der Waals surface area contributed by atoms with Gasteiger partial charge in [-0.05, 0) is 30.2 Å². The number of alkyl halides is 3. The summed E-state index contributed by atoms with van der Waals surface area (Å²) in [6, 6.07) is 11.4. The molecule has 1 heterocycles. The van der Waals surface area contributed by atoms with E-state index >= 15 is 0 Å². The standard InChI is InChI=1S/C17H15F3N2/c1-21-15-7-6-12(17(18,19)20)10-14(15)16-13-5-3-2-4-11(13)8-9-22-16/h2-7,10,21H,8-9H2,1H3. The average Bonchev–Trinajstić information content (AvgIpc) is 2.53. The predicted octanol–water partition coefficient (Wildman–Crippen LogP) is 4.14. The lowest BCUT2D eigenvalue weighted by molar-refractivity contribution is -0.137. The van der Waals surface area contributed by atoms with E-state index in [2.05, 4.69) is 10.3 Å². The molecule has 0 fully saturated rings. The molecule has 3 rings (SSSR count). The van der Waals surface area contributed by atoms with Gasteiger partial charge in [-0.2, -0.15) is 13.2 Å². The topological polar surface area (TPSA) is 24.4 Å². The Bertz CT molecular complexity index is 733. The summed E-state index contributed by atoms with van der Waals surface area (Å²) in [6.45, 7) is 0.589. The zero-order chi connectivity index (χ0) is 15.7. The molecule has 0 saturated heterocycles. The molecular weight excluding hydrogens is 289 g/mol. The third-order valence-corrected chi connectivity index (χ3v) is 3.79. The molecule has 1 aliphatic heterocycles. The maximum Gasteiger partial charge on any atom is 0.416 e. The summed E-state index contributed by atoms with van der Waals surface area (Å²) >= 11 is 0. The maximum absolute atomic E-state index is 13.0. The van der Waals surface area contributed by atoms with Crippen molar-refractivity contribution in [1.29, 1.82) is 0 Å². The van der Waals surface area contributed by atoms with E-state index < -0.39 is 11.7 Å². The highest BCUT2D eigenvalue weighted by atomic mass is 19.4.